The number of rotatable bonds is 8. The molecule has 0 unspecified atom stereocenters. The fourth-order valence-electron chi connectivity index (χ4n) is 2.98. The molecule has 1 N–H and O–H groups in total. The lowest BCUT2D eigenvalue weighted by atomic mass is 10.2. The first kappa shape index (κ1) is 22.2. The van der Waals surface area contributed by atoms with Crippen LogP contribution in [0.1, 0.15) is 11.3 Å². The molecule has 0 aliphatic heterocycles. The van der Waals surface area contributed by atoms with Crippen molar-refractivity contribution in [2.45, 2.75) is 13.1 Å². The van der Waals surface area contributed by atoms with E-state index in [0.717, 1.165) is 11.3 Å². The molecule has 0 radical (unpaired) electrons. The Morgan fingerprint density at radius 3 is 2.67 bits per heavy atom. The minimum absolute atomic E-state index is 0.0511. The monoisotopic (exact) mass is 449 g/mol. The number of urea groups is 1. The number of carbonyl (C=O) groups is 1. The summed E-state index contributed by atoms with van der Waals surface area (Å²) in [4.78, 5) is 14.5. The van der Waals surface area contributed by atoms with E-state index in [1.165, 1.54) is 18.2 Å². The molecule has 0 aliphatic carbocycles. The SMILES string of the molecule is COCCN(Cc1cccn1Cc1ccccc1Cl)C(=O)Nc1ccc(F)c(Cl)c1. The van der Waals surface area contributed by atoms with Gasteiger partial charge < -0.3 is 19.5 Å². The lowest BCUT2D eigenvalue weighted by Crippen LogP contribution is -2.37. The highest BCUT2D eigenvalue weighted by Crippen LogP contribution is 2.21. The van der Waals surface area contributed by atoms with Crippen LogP contribution < -0.4 is 5.32 Å². The van der Waals surface area contributed by atoms with Crippen molar-refractivity contribution in [1.82, 2.24) is 9.47 Å². The van der Waals surface area contributed by atoms with Gasteiger partial charge in [0.05, 0.1) is 18.2 Å². The number of aromatic nitrogens is 1. The third kappa shape index (κ3) is 5.75. The second-order valence-corrected chi connectivity index (χ2v) is 7.51. The molecule has 2 amide bonds. The van der Waals surface area contributed by atoms with Crippen LogP contribution in [0.25, 0.3) is 0 Å². The van der Waals surface area contributed by atoms with Crippen molar-refractivity contribution in [3.8, 4) is 0 Å². The van der Waals surface area contributed by atoms with Gasteiger partial charge in [0.1, 0.15) is 5.82 Å². The Hall–Kier alpha value is -2.54. The first-order chi connectivity index (χ1) is 14.5. The Bertz CT molecular complexity index is 1010. The molecule has 3 rings (SSSR count). The lowest BCUT2D eigenvalue weighted by Gasteiger charge is -2.24. The van der Waals surface area contributed by atoms with Gasteiger partial charge in [-0.25, -0.2) is 9.18 Å². The van der Waals surface area contributed by atoms with E-state index < -0.39 is 5.82 Å². The van der Waals surface area contributed by atoms with Gasteiger partial charge in [-0.3, -0.25) is 0 Å². The highest BCUT2D eigenvalue weighted by atomic mass is 35.5. The molecule has 30 heavy (non-hydrogen) atoms. The van der Waals surface area contributed by atoms with Crippen LogP contribution in [0.5, 0.6) is 0 Å². The van der Waals surface area contributed by atoms with Gasteiger partial charge in [0.2, 0.25) is 0 Å². The number of ether oxygens (including phenoxy) is 1. The molecule has 1 aromatic heterocycles. The molecule has 0 saturated carbocycles. The van der Waals surface area contributed by atoms with Gasteiger partial charge in [-0.2, -0.15) is 0 Å². The van der Waals surface area contributed by atoms with Crippen LogP contribution >= 0.6 is 23.2 Å². The predicted molar refractivity (Wildman–Crippen MR) is 118 cm³/mol. The molecule has 1 heterocycles. The van der Waals surface area contributed by atoms with Crippen LogP contribution in [0.2, 0.25) is 10.0 Å². The van der Waals surface area contributed by atoms with Crippen LogP contribution in [-0.4, -0.2) is 35.8 Å². The van der Waals surface area contributed by atoms with E-state index in [4.69, 9.17) is 27.9 Å². The molecule has 3 aromatic rings. The van der Waals surface area contributed by atoms with E-state index in [2.05, 4.69) is 5.32 Å². The number of nitrogens with zero attached hydrogens (tertiary/aromatic N) is 2. The van der Waals surface area contributed by atoms with Gasteiger partial charge in [0.25, 0.3) is 0 Å². The summed E-state index contributed by atoms with van der Waals surface area (Å²) in [5.41, 5.74) is 2.35. The van der Waals surface area contributed by atoms with E-state index in [1.54, 1.807) is 12.0 Å². The average molecular weight is 450 g/mol. The Labute approximate surface area is 185 Å². The number of benzene rings is 2. The van der Waals surface area contributed by atoms with Gasteiger partial charge in [0.15, 0.2) is 0 Å². The maximum atomic E-state index is 13.4. The number of nitrogens with one attached hydrogen (secondary N) is 1. The topological polar surface area (TPSA) is 46.5 Å². The molecule has 2 aromatic carbocycles. The summed E-state index contributed by atoms with van der Waals surface area (Å²) in [6.45, 7) is 1.72. The predicted octanol–water partition coefficient (Wildman–Crippen LogP) is 5.66. The average Bonchev–Trinajstić information content (AvgIpc) is 3.16. The third-order valence-corrected chi connectivity index (χ3v) is 5.26. The molecule has 0 spiro atoms. The second kappa shape index (κ2) is 10.5. The van der Waals surface area contributed by atoms with Crippen LogP contribution in [-0.2, 0) is 17.8 Å². The first-order valence-corrected chi connectivity index (χ1v) is 10.1. The maximum Gasteiger partial charge on any atom is 0.322 e. The second-order valence-electron chi connectivity index (χ2n) is 6.69. The lowest BCUT2D eigenvalue weighted by molar-refractivity contribution is 0.152. The van der Waals surface area contributed by atoms with Crippen molar-refractivity contribution < 1.29 is 13.9 Å². The number of hydrogen-bond acceptors (Lipinski definition) is 2. The zero-order valence-electron chi connectivity index (χ0n) is 16.4. The van der Waals surface area contributed by atoms with E-state index in [0.29, 0.717) is 37.0 Å². The Kier molecular flexibility index (Phi) is 7.74. The van der Waals surface area contributed by atoms with Crippen LogP contribution in [0.4, 0.5) is 14.9 Å². The van der Waals surface area contributed by atoms with Crippen LogP contribution in [0, 0.1) is 5.82 Å². The summed E-state index contributed by atoms with van der Waals surface area (Å²) < 4.78 is 20.6. The minimum atomic E-state index is -0.539. The van der Waals surface area contributed by atoms with E-state index in [1.807, 2.05) is 47.2 Å². The number of methoxy groups -OCH3 is 1. The molecule has 0 atom stereocenters. The van der Waals surface area contributed by atoms with Gasteiger partial charge in [-0.1, -0.05) is 41.4 Å². The maximum absolute atomic E-state index is 13.4. The van der Waals surface area contributed by atoms with Gasteiger partial charge >= 0.3 is 6.03 Å². The molecule has 0 aliphatic rings. The van der Waals surface area contributed by atoms with Gasteiger partial charge in [-0.15, -0.1) is 0 Å². The van der Waals surface area contributed by atoms with Crippen molar-refractivity contribution in [3.63, 3.8) is 0 Å². The third-order valence-electron chi connectivity index (χ3n) is 4.60. The standard InChI is InChI=1S/C22H22Cl2FN3O2/c1-30-12-11-28(22(29)26-17-8-9-21(25)20(24)13-17)15-18-6-4-10-27(18)14-16-5-2-3-7-19(16)23/h2-10,13H,11-12,14-15H2,1H3,(H,26,29). The van der Waals surface area contributed by atoms with Crippen molar-refractivity contribution in [1.29, 1.82) is 0 Å². The molecule has 5 nitrogen and oxygen atoms in total. The van der Waals surface area contributed by atoms with Crippen LogP contribution in [0.3, 0.4) is 0 Å². The Morgan fingerprint density at radius 1 is 1.13 bits per heavy atom. The smallest absolute Gasteiger partial charge is 0.322 e. The largest absolute Gasteiger partial charge is 0.383 e. The van der Waals surface area contributed by atoms with Crippen molar-refractivity contribution >= 4 is 34.9 Å². The fourth-order valence-corrected chi connectivity index (χ4v) is 3.36. The number of hydrogen-bond donors (Lipinski definition) is 1. The van der Waals surface area contributed by atoms with Crippen LogP contribution in [0.15, 0.2) is 60.8 Å². The molecule has 0 fully saturated rings. The summed E-state index contributed by atoms with van der Waals surface area (Å²) in [5, 5.41) is 3.40. The van der Waals surface area contributed by atoms with Gasteiger partial charge in [-0.05, 0) is 42.0 Å². The summed E-state index contributed by atoms with van der Waals surface area (Å²) in [6.07, 6.45) is 1.95. The van der Waals surface area contributed by atoms with Gasteiger partial charge in [0, 0.05) is 42.8 Å². The first-order valence-electron chi connectivity index (χ1n) is 9.35. The summed E-state index contributed by atoms with van der Waals surface area (Å²) in [6, 6.07) is 15.3. The zero-order chi connectivity index (χ0) is 21.5. The molecule has 158 valence electrons. The highest BCUT2D eigenvalue weighted by Gasteiger charge is 2.17. The number of carbonyl (C=O) groups excluding carboxylic acids is 1. The highest BCUT2D eigenvalue weighted by molar-refractivity contribution is 6.31. The number of halogens is 3. The number of anilines is 1. The zero-order valence-corrected chi connectivity index (χ0v) is 18.0. The van der Waals surface area contributed by atoms with E-state index >= 15 is 0 Å². The van der Waals surface area contributed by atoms with Crippen molar-refractivity contribution in [2.24, 2.45) is 0 Å². The number of amides is 2. The quantitative estimate of drug-likeness (QED) is 0.481. The van der Waals surface area contributed by atoms with E-state index in [9.17, 15) is 9.18 Å². The fraction of sp³-hybridized carbons (Fsp3) is 0.227. The summed E-state index contributed by atoms with van der Waals surface area (Å²) >= 11 is 12.1. The van der Waals surface area contributed by atoms with Crippen molar-refractivity contribution in [3.05, 3.63) is 87.9 Å². The Morgan fingerprint density at radius 2 is 1.93 bits per heavy atom. The van der Waals surface area contributed by atoms with Crippen molar-refractivity contribution in [2.75, 3.05) is 25.6 Å². The molecule has 8 heteroatoms. The van der Waals surface area contributed by atoms with E-state index in [-0.39, 0.29) is 11.1 Å². The molecule has 0 saturated heterocycles. The summed E-state index contributed by atoms with van der Waals surface area (Å²) in [5.74, 6) is -0.539. The minimum Gasteiger partial charge on any atom is -0.383 e. The molecular formula is C22H22Cl2FN3O2. The Balaban J connectivity index is 1.75. The summed E-state index contributed by atoms with van der Waals surface area (Å²) in [7, 11) is 1.58. The normalized spacial score (nSPS) is 10.8. The molecule has 0 bridgehead atoms. The molecular weight excluding hydrogens is 428 g/mol.